The number of hydrogen-bond donors (Lipinski definition) is 0. The number of ether oxygens (including phenoxy) is 3. The van der Waals surface area contributed by atoms with E-state index in [0.29, 0.717) is 29.4 Å². The Morgan fingerprint density at radius 2 is 1.61 bits per heavy atom. The molecule has 4 rings (SSSR count). The molecule has 1 unspecified atom stereocenters. The van der Waals surface area contributed by atoms with Gasteiger partial charge >= 0.3 is 0 Å². The van der Waals surface area contributed by atoms with Gasteiger partial charge in [-0.25, -0.2) is 0 Å². The molecule has 0 bridgehead atoms. The molecule has 0 saturated heterocycles. The number of rotatable bonds is 6. The van der Waals surface area contributed by atoms with Crippen molar-refractivity contribution in [3.05, 3.63) is 83.4 Å². The predicted octanol–water partition coefficient (Wildman–Crippen LogP) is 5.26. The van der Waals surface area contributed by atoms with Crippen LogP contribution >= 0.6 is 0 Å². The number of carbonyl (C=O) groups excluding carboxylic acids is 1. The van der Waals surface area contributed by atoms with Crippen LogP contribution in [0.2, 0.25) is 0 Å². The maximum absolute atomic E-state index is 13.6. The van der Waals surface area contributed by atoms with Crippen LogP contribution in [0.1, 0.15) is 34.8 Å². The van der Waals surface area contributed by atoms with Gasteiger partial charge in [-0.3, -0.25) is 4.79 Å². The van der Waals surface area contributed by atoms with E-state index in [1.807, 2.05) is 53.4 Å². The van der Waals surface area contributed by atoms with Crippen LogP contribution in [0.4, 0.5) is 5.69 Å². The minimum atomic E-state index is -0.0779. The van der Waals surface area contributed by atoms with E-state index in [-0.39, 0.29) is 11.9 Å². The van der Waals surface area contributed by atoms with Crippen LogP contribution in [0.3, 0.4) is 0 Å². The third kappa shape index (κ3) is 4.22. The number of nitrogens with zero attached hydrogens (tertiary/aromatic N) is 1. The van der Waals surface area contributed by atoms with Crippen LogP contribution in [0, 0.1) is 0 Å². The molecule has 0 fully saturated rings. The van der Waals surface area contributed by atoms with Crippen molar-refractivity contribution in [3.63, 3.8) is 0 Å². The molecule has 0 radical (unpaired) electrons. The van der Waals surface area contributed by atoms with Gasteiger partial charge in [0.1, 0.15) is 6.61 Å². The maximum atomic E-state index is 13.6. The molecule has 3 aromatic carbocycles. The molecular weight excluding hydrogens is 390 g/mol. The first kappa shape index (κ1) is 20.8. The average Bonchev–Trinajstić information content (AvgIpc) is 2.82. The van der Waals surface area contributed by atoms with Crippen molar-refractivity contribution in [2.75, 3.05) is 19.1 Å². The number of carbonyl (C=O) groups is 1. The Morgan fingerprint density at radius 3 is 2.29 bits per heavy atom. The summed E-state index contributed by atoms with van der Waals surface area (Å²) in [6.45, 7) is 2.46. The van der Waals surface area contributed by atoms with Crippen LogP contribution in [-0.4, -0.2) is 26.2 Å². The molecule has 1 heterocycles. The van der Waals surface area contributed by atoms with Gasteiger partial charge in [-0.15, -0.1) is 0 Å². The summed E-state index contributed by atoms with van der Waals surface area (Å²) in [5.41, 5.74) is 3.69. The zero-order chi connectivity index (χ0) is 21.8. The quantitative estimate of drug-likeness (QED) is 0.549. The SMILES string of the molecule is COc1cc(C(=O)N2c3ccccc3CCC2C)cc(OC)c1OCc1ccccc1. The number of methoxy groups -OCH3 is 2. The van der Waals surface area contributed by atoms with Gasteiger partial charge in [-0.05, 0) is 49.1 Å². The maximum Gasteiger partial charge on any atom is 0.258 e. The van der Waals surface area contributed by atoms with E-state index in [1.165, 1.54) is 5.56 Å². The van der Waals surface area contributed by atoms with Crippen LogP contribution in [0.25, 0.3) is 0 Å². The number of fused-ring (bicyclic) bond motifs is 1. The van der Waals surface area contributed by atoms with Crippen molar-refractivity contribution in [1.29, 1.82) is 0 Å². The second-order valence-electron chi connectivity index (χ2n) is 7.68. The zero-order valence-corrected chi connectivity index (χ0v) is 18.1. The Bertz CT molecular complexity index is 1040. The summed E-state index contributed by atoms with van der Waals surface area (Å²) < 4.78 is 17.2. The molecule has 3 aromatic rings. The van der Waals surface area contributed by atoms with Crippen LogP contribution in [0.15, 0.2) is 66.7 Å². The molecule has 1 aliphatic heterocycles. The van der Waals surface area contributed by atoms with E-state index in [2.05, 4.69) is 13.0 Å². The van der Waals surface area contributed by atoms with Crippen molar-refractivity contribution >= 4 is 11.6 Å². The van der Waals surface area contributed by atoms with Crippen molar-refractivity contribution in [2.45, 2.75) is 32.4 Å². The summed E-state index contributed by atoms with van der Waals surface area (Å²) in [7, 11) is 3.13. The Hall–Kier alpha value is -3.47. The lowest BCUT2D eigenvalue weighted by Crippen LogP contribution is -2.42. The van der Waals surface area contributed by atoms with Crippen LogP contribution < -0.4 is 19.1 Å². The first-order valence-corrected chi connectivity index (χ1v) is 10.5. The van der Waals surface area contributed by atoms with Gasteiger partial charge in [0.15, 0.2) is 11.5 Å². The molecule has 5 heteroatoms. The zero-order valence-electron chi connectivity index (χ0n) is 18.1. The van der Waals surface area contributed by atoms with Crippen molar-refractivity contribution < 1.29 is 19.0 Å². The highest BCUT2D eigenvalue weighted by Gasteiger charge is 2.30. The first-order valence-electron chi connectivity index (χ1n) is 10.5. The van der Waals surface area contributed by atoms with Crippen molar-refractivity contribution in [3.8, 4) is 17.2 Å². The second kappa shape index (κ2) is 9.13. The molecule has 160 valence electrons. The minimum Gasteiger partial charge on any atom is -0.493 e. The van der Waals surface area contributed by atoms with E-state index in [4.69, 9.17) is 14.2 Å². The van der Waals surface area contributed by atoms with Crippen molar-refractivity contribution in [2.24, 2.45) is 0 Å². The molecule has 0 aromatic heterocycles. The highest BCUT2D eigenvalue weighted by atomic mass is 16.5. The highest BCUT2D eigenvalue weighted by molar-refractivity contribution is 6.08. The number of amides is 1. The Kier molecular flexibility index (Phi) is 6.12. The Labute approximate surface area is 183 Å². The fourth-order valence-electron chi connectivity index (χ4n) is 4.01. The highest BCUT2D eigenvalue weighted by Crippen LogP contribution is 2.40. The molecule has 0 aliphatic carbocycles. The van der Waals surface area contributed by atoms with Gasteiger partial charge in [0, 0.05) is 17.3 Å². The van der Waals surface area contributed by atoms with E-state index in [1.54, 1.807) is 26.4 Å². The van der Waals surface area contributed by atoms with Crippen LogP contribution in [0.5, 0.6) is 17.2 Å². The third-order valence-electron chi connectivity index (χ3n) is 5.68. The number of anilines is 1. The van der Waals surface area contributed by atoms with Gasteiger partial charge in [0.25, 0.3) is 5.91 Å². The molecule has 0 N–H and O–H groups in total. The van der Waals surface area contributed by atoms with Gasteiger partial charge in [-0.2, -0.15) is 0 Å². The summed E-state index contributed by atoms with van der Waals surface area (Å²) in [5, 5.41) is 0. The van der Waals surface area contributed by atoms with Gasteiger partial charge in [0.2, 0.25) is 5.75 Å². The topological polar surface area (TPSA) is 48.0 Å². The summed E-state index contributed by atoms with van der Waals surface area (Å²) in [6.07, 6.45) is 1.90. The number of para-hydroxylation sites is 1. The smallest absolute Gasteiger partial charge is 0.258 e. The standard InChI is InChI=1S/C26H27NO4/c1-18-13-14-20-11-7-8-12-22(20)27(18)26(28)21-15-23(29-2)25(24(16-21)30-3)31-17-19-9-5-4-6-10-19/h4-12,15-16,18H,13-14,17H2,1-3H3. The molecule has 1 amide bonds. The van der Waals surface area contributed by atoms with Gasteiger partial charge in [-0.1, -0.05) is 48.5 Å². The van der Waals surface area contributed by atoms with Gasteiger partial charge < -0.3 is 19.1 Å². The van der Waals surface area contributed by atoms with E-state index in [9.17, 15) is 4.79 Å². The molecule has 31 heavy (non-hydrogen) atoms. The lowest BCUT2D eigenvalue weighted by atomic mass is 9.95. The number of benzene rings is 3. The Balaban J connectivity index is 1.67. The fourth-order valence-corrected chi connectivity index (χ4v) is 4.01. The normalized spacial score (nSPS) is 15.2. The predicted molar refractivity (Wildman–Crippen MR) is 121 cm³/mol. The van der Waals surface area contributed by atoms with E-state index in [0.717, 1.165) is 24.1 Å². The first-order chi connectivity index (χ1) is 15.1. The minimum absolute atomic E-state index is 0.0779. The van der Waals surface area contributed by atoms with Crippen molar-refractivity contribution in [1.82, 2.24) is 0 Å². The Morgan fingerprint density at radius 1 is 0.968 bits per heavy atom. The van der Waals surface area contributed by atoms with Crippen LogP contribution in [-0.2, 0) is 13.0 Å². The molecule has 1 atom stereocenters. The summed E-state index contributed by atoms with van der Waals surface area (Å²) in [6, 6.07) is 21.5. The number of aryl methyl sites for hydroxylation is 1. The third-order valence-corrected chi connectivity index (χ3v) is 5.68. The fraction of sp³-hybridized carbons (Fsp3) is 0.269. The molecule has 5 nitrogen and oxygen atoms in total. The summed E-state index contributed by atoms with van der Waals surface area (Å²) in [5.74, 6) is 1.34. The molecule has 0 spiro atoms. The molecule has 1 aliphatic rings. The second-order valence-corrected chi connectivity index (χ2v) is 7.68. The average molecular weight is 418 g/mol. The van der Waals surface area contributed by atoms with Gasteiger partial charge in [0.05, 0.1) is 14.2 Å². The monoisotopic (exact) mass is 417 g/mol. The lowest BCUT2D eigenvalue weighted by Gasteiger charge is -2.35. The lowest BCUT2D eigenvalue weighted by molar-refractivity contribution is 0.0974. The summed E-state index contributed by atoms with van der Waals surface area (Å²) >= 11 is 0. The molecular formula is C26H27NO4. The largest absolute Gasteiger partial charge is 0.493 e. The van der Waals surface area contributed by atoms with E-state index < -0.39 is 0 Å². The summed E-state index contributed by atoms with van der Waals surface area (Å²) in [4.78, 5) is 15.4. The number of hydrogen-bond acceptors (Lipinski definition) is 4. The molecule has 0 saturated carbocycles. The van der Waals surface area contributed by atoms with E-state index >= 15 is 0 Å².